The van der Waals surface area contributed by atoms with Crippen molar-refractivity contribution in [2.75, 3.05) is 20.2 Å². The van der Waals surface area contributed by atoms with E-state index in [1.54, 1.807) is 7.11 Å². The second-order valence-corrected chi connectivity index (χ2v) is 4.13. The third kappa shape index (κ3) is 2.69. The molecule has 14 heavy (non-hydrogen) atoms. The summed E-state index contributed by atoms with van der Waals surface area (Å²) in [6.45, 7) is 3.78. The van der Waals surface area contributed by atoms with Crippen LogP contribution in [0, 0.1) is 5.92 Å². The number of aliphatic carboxylic acids is 1. The van der Waals surface area contributed by atoms with Crippen LogP contribution in [-0.4, -0.2) is 36.9 Å². The van der Waals surface area contributed by atoms with Gasteiger partial charge >= 0.3 is 5.97 Å². The Labute approximate surface area is 84.6 Å². The maximum atomic E-state index is 10.7. The summed E-state index contributed by atoms with van der Waals surface area (Å²) in [7, 11) is 1.59. The fourth-order valence-electron chi connectivity index (χ4n) is 2.06. The van der Waals surface area contributed by atoms with Crippen molar-refractivity contribution in [1.82, 2.24) is 5.32 Å². The third-order valence-electron chi connectivity index (χ3n) is 3.13. The number of carboxylic acid groups (broad SMARTS) is 1. The van der Waals surface area contributed by atoms with Gasteiger partial charge in [0.25, 0.3) is 0 Å². The highest BCUT2D eigenvalue weighted by Gasteiger charge is 2.36. The first kappa shape index (κ1) is 11.5. The molecule has 0 bridgehead atoms. The zero-order valence-electron chi connectivity index (χ0n) is 8.88. The molecule has 4 heteroatoms. The normalized spacial score (nSPS) is 26.9. The van der Waals surface area contributed by atoms with E-state index in [1.165, 1.54) is 0 Å². The third-order valence-corrected chi connectivity index (χ3v) is 3.13. The lowest BCUT2D eigenvalue weighted by atomic mass is 9.81. The van der Waals surface area contributed by atoms with Crippen LogP contribution in [0.1, 0.15) is 26.2 Å². The molecule has 2 N–H and O–H groups in total. The van der Waals surface area contributed by atoms with Crippen molar-refractivity contribution in [3.8, 4) is 0 Å². The summed E-state index contributed by atoms with van der Waals surface area (Å²) >= 11 is 0. The Bertz CT molecular complexity index is 202. The summed E-state index contributed by atoms with van der Waals surface area (Å²) < 4.78 is 5.37. The molecule has 1 saturated heterocycles. The number of nitrogens with one attached hydrogen (secondary N) is 1. The van der Waals surface area contributed by atoms with Gasteiger partial charge in [-0.3, -0.25) is 4.79 Å². The van der Waals surface area contributed by atoms with E-state index in [1.807, 2.05) is 6.92 Å². The molecule has 1 aliphatic rings. The molecule has 2 unspecified atom stereocenters. The Morgan fingerprint density at radius 2 is 2.43 bits per heavy atom. The van der Waals surface area contributed by atoms with Crippen LogP contribution in [-0.2, 0) is 9.53 Å². The Morgan fingerprint density at radius 1 is 1.71 bits per heavy atom. The van der Waals surface area contributed by atoms with Gasteiger partial charge in [0.2, 0.25) is 0 Å². The van der Waals surface area contributed by atoms with E-state index in [2.05, 4.69) is 5.32 Å². The van der Waals surface area contributed by atoms with Gasteiger partial charge in [0.15, 0.2) is 0 Å². The van der Waals surface area contributed by atoms with Gasteiger partial charge in [-0.25, -0.2) is 0 Å². The van der Waals surface area contributed by atoms with Crippen molar-refractivity contribution in [2.45, 2.75) is 31.8 Å². The van der Waals surface area contributed by atoms with Crippen LogP contribution in [0.15, 0.2) is 0 Å². The van der Waals surface area contributed by atoms with Crippen LogP contribution in [0.4, 0.5) is 0 Å². The molecule has 0 aromatic rings. The van der Waals surface area contributed by atoms with Crippen molar-refractivity contribution in [2.24, 2.45) is 5.92 Å². The second kappa shape index (κ2) is 4.75. The first-order valence-electron chi connectivity index (χ1n) is 5.06. The number of carbonyl (C=O) groups is 1. The monoisotopic (exact) mass is 201 g/mol. The van der Waals surface area contributed by atoms with Crippen LogP contribution in [0.2, 0.25) is 0 Å². The largest absolute Gasteiger partial charge is 0.481 e. The molecular formula is C10H19NO3. The second-order valence-electron chi connectivity index (χ2n) is 4.13. The van der Waals surface area contributed by atoms with Crippen molar-refractivity contribution in [3.63, 3.8) is 0 Å². The van der Waals surface area contributed by atoms with Crippen molar-refractivity contribution in [3.05, 3.63) is 0 Å². The Hall–Kier alpha value is -0.610. The van der Waals surface area contributed by atoms with Crippen LogP contribution in [0.3, 0.4) is 0 Å². The van der Waals surface area contributed by atoms with E-state index in [4.69, 9.17) is 9.84 Å². The minimum absolute atomic E-state index is 0.0792. The molecule has 0 aromatic carbocycles. The maximum absolute atomic E-state index is 10.7. The number of hydrogen-bond acceptors (Lipinski definition) is 3. The molecule has 1 rings (SSSR count). The Morgan fingerprint density at radius 3 is 2.86 bits per heavy atom. The summed E-state index contributed by atoms with van der Waals surface area (Å²) in [5.41, 5.74) is -0.529. The predicted octanol–water partition coefficient (Wildman–Crippen LogP) is 0.866. The molecule has 0 amide bonds. The van der Waals surface area contributed by atoms with Crippen LogP contribution < -0.4 is 5.32 Å². The molecule has 82 valence electrons. The number of piperidine rings is 1. The highest BCUT2D eigenvalue weighted by Crippen LogP contribution is 2.30. The minimum Gasteiger partial charge on any atom is -0.481 e. The van der Waals surface area contributed by atoms with Crippen LogP contribution >= 0.6 is 0 Å². The molecule has 1 fully saturated rings. The number of carboxylic acids is 1. The number of rotatable bonds is 4. The number of ether oxygens (including phenoxy) is 1. The average Bonchev–Trinajstić information content (AvgIpc) is 2.18. The predicted molar refractivity (Wildman–Crippen MR) is 53.3 cm³/mol. The Kier molecular flexibility index (Phi) is 3.89. The zero-order valence-corrected chi connectivity index (χ0v) is 8.88. The Balaban J connectivity index is 2.61. The summed E-state index contributed by atoms with van der Waals surface area (Å²) in [6.07, 6.45) is 2.23. The van der Waals surface area contributed by atoms with Gasteiger partial charge in [0.05, 0.1) is 12.0 Å². The highest BCUT2D eigenvalue weighted by molar-refractivity contribution is 5.68. The van der Waals surface area contributed by atoms with Gasteiger partial charge in [-0.05, 0) is 26.3 Å². The smallest absolute Gasteiger partial charge is 0.306 e. The van der Waals surface area contributed by atoms with Gasteiger partial charge in [0.1, 0.15) is 0 Å². The van der Waals surface area contributed by atoms with Gasteiger partial charge in [-0.1, -0.05) is 0 Å². The topological polar surface area (TPSA) is 58.6 Å². The van der Waals surface area contributed by atoms with Gasteiger partial charge in [-0.15, -0.1) is 0 Å². The fourth-order valence-corrected chi connectivity index (χ4v) is 2.06. The lowest BCUT2D eigenvalue weighted by Gasteiger charge is -2.38. The van der Waals surface area contributed by atoms with Crippen molar-refractivity contribution >= 4 is 5.97 Å². The summed E-state index contributed by atoms with van der Waals surface area (Å²) in [4.78, 5) is 10.7. The van der Waals surface area contributed by atoms with Gasteiger partial charge in [0, 0.05) is 19.6 Å². The quantitative estimate of drug-likeness (QED) is 0.708. The lowest BCUT2D eigenvalue weighted by Crippen LogP contribution is -2.46. The minimum atomic E-state index is -0.792. The summed E-state index contributed by atoms with van der Waals surface area (Å²) in [5.74, 6) is -0.489. The van der Waals surface area contributed by atoms with Crippen LogP contribution in [0.5, 0.6) is 0 Å². The first-order valence-corrected chi connectivity index (χ1v) is 5.06. The van der Waals surface area contributed by atoms with E-state index >= 15 is 0 Å². The molecule has 0 aromatic heterocycles. The molecule has 0 spiro atoms. The van der Waals surface area contributed by atoms with E-state index in [-0.39, 0.29) is 6.42 Å². The fraction of sp³-hybridized carbons (Fsp3) is 0.900. The molecule has 0 aliphatic carbocycles. The van der Waals surface area contributed by atoms with E-state index in [0.29, 0.717) is 5.92 Å². The molecule has 1 heterocycles. The van der Waals surface area contributed by atoms with Crippen molar-refractivity contribution in [1.29, 1.82) is 0 Å². The molecular weight excluding hydrogens is 182 g/mol. The SMILES string of the molecule is COC(C)(CC(=O)O)C1CCCNC1. The molecule has 0 radical (unpaired) electrons. The standard InChI is InChI=1S/C10H19NO3/c1-10(14-2,6-9(12)13)8-4-3-5-11-7-8/h8,11H,3-7H2,1-2H3,(H,12,13). The zero-order chi connectivity index (χ0) is 10.6. The van der Waals surface area contributed by atoms with Gasteiger partial charge in [-0.2, -0.15) is 0 Å². The molecule has 0 saturated carbocycles. The molecule has 2 atom stereocenters. The van der Waals surface area contributed by atoms with Gasteiger partial charge < -0.3 is 15.2 Å². The average molecular weight is 201 g/mol. The van der Waals surface area contributed by atoms with E-state index < -0.39 is 11.6 Å². The van der Waals surface area contributed by atoms with E-state index in [0.717, 1.165) is 25.9 Å². The lowest BCUT2D eigenvalue weighted by molar-refractivity contribution is -0.146. The highest BCUT2D eigenvalue weighted by atomic mass is 16.5. The summed E-state index contributed by atoms with van der Waals surface area (Å²) in [5, 5.41) is 12.1. The van der Waals surface area contributed by atoms with Crippen LogP contribution in [0.25, 0.3) is 0 Å². The summed E-state index contributed by atoms with van der Waals surface area (Å²) in [6, 6.07) is 0. The molecule has 4 nitrogen and oxygen atoms in total. The first-order chi connectivity index (χ1) is 6.58. The van der Waals surface area contributed by atoms with E-state index in [9.17, 15) is 4.79 Å². The van der Waals surface area contributed by atoms with Crippen molar-refractivity contribution < 1.29 is 14.6 Å². The molecule has 1 aliphatic heterocycles. The number of hydrogen-bond donors (Lipinski definition) is 2. The maximum Gasteiger partial charge on any atom is 0.306 e. The number of methoxy groups -OCH3 is 1.